The van der Waals surface area contributed by atoms with Crippen LogP contribution in [0.3, 0.4) is 0 Å². The average molecular weight is 180 g/mol. The van der Waals surface area contributed by atoms with Gasteiger partial charge < -0.3 is 5.11 Å². The molecule has 1 aromatic carbocycles. The van der Waals surface area contributed by atoms with E-state index in [-0.39, 0.29) is 5.82 Å². The van der Waals surface area contributed by atoms with E-state index in [4.69, 9.17) is 5.11 Å². The summed E-state index contributed by atoms with van der Waals surface area (Å²) in [5.74, 6) is -1.39. The zero-order valence-corrected chi connectivity index (χ0v) is 7.12. The van der Waals surface area contributed by atoms with Crippen LogP contribution < -0.4 is 0 Å². The summed E-state index contributed by atoms with van der Waals surface area (Å²) in [4.78, 5) is 10.3. The van der Waals surface area contributed by atoms with E-state index in [2.05, 4.69) is 0 Å². The van der Waals surface area contributed by atoms with Crippen LogP contribution in [-0.4, -0.2) is 11.1 Å². The first-order chi connectivity index (χ1) is 6.09. The molecule has 0 bridgehead atoms. The summed E-state index contributed by atoms with van der Waals surface area (Å²) in [6.45, 7) is 1.63. The van der Waals surface area contributed by atoms with Gasteiger partial charge in [-0.2, -0.15) is 0 Å². The lowest BCUT2D eigenvalue weighted by atomic mass is 10.1. The first-order valence-corrected chi connectivity index (χ1v) is 3.77. The van der Waals surface area contributed by atoms with Crippen LogP contribution in [0, 0.1) is 5.82 Å². The summed E-state index contributed by atoms with van der Waals surface area (Å²) in [5.41, 5.74) is 1.12. The molecule has 1 N–H and O–H groups in total. The Hall–Kier alpha value is -1.64. The highest BCUT2D eigenvalue weighted by molar-refractivity contribution is 5.89. The van der Waals surface area contributed by atoms with Gasteiger partial charge >= 0.3 is 5.97 Å². The summed E-state index contributed by atoms with van der Waals surface area (Å²) in [5, 5.41) is 8.44. The van der Waals surface area contributed by atoms with Gasteiger partial charge in [-0.3, -0.25) is 0 Å². The zero-order valence-electron chi connectivity index (χ0n) is 7.12. The minimum atomic E-state index is -1.03. The van der Waals surface area contributed by atoms with Gasteiger partial charge in [0.15, 0.2) is 0 Å². The summed E-state index contributed by atoms with van der Waals surface area (Å²) in [6, 6.07) is 5.83. The third-order valence-corrected chi connectivity index (χ3v) is 1.62. The fourth-order valence-electron chi connectivity index (χ4n) is 1.00. The van der Waals surface area contributed by atoms with Gasteiger partial charge in [0.2, 0.25) is 0 Å². The number of carboxylic acids is 1. The Bertz CT molecular complexity index is 356. The quantitative estimate of drug-likeness (QED) is 0.709. The number of carboxylic acid groups (broad SMARTS) is 1. The van der Waals surface area contributed by atoms with Gasteiger partial charge in [0.05, 0.1) is 0 Å². The molecule has 0 amide bonds. The fraction of sp³-hybridized carbons (Fsp3) is 0.100. The predicted molar refractivity (Wildman–Crippen MR) is 47.7 cm³/mol. The second-order valence-corrected chi connectivity index (χ2v) is 2.68. The van der Waals surface area contributed by atoms with Gasteiger partial charge in [-0.25, -0.2) is 9.18 Å². The monoisotopic (exact) mass is 180 g/mol. The van der Waals surface area contributed by atoms with E-state index in [9.17, 15) is 9.18 Å². The van der Waals surface area contributed by atoms with E-state index in [1.54, 1.807) is 19.1 Å². The summed E-state index contributed by atoms with van der Waals surface area (Å²) < 4.78 is 12.7. The maximum absolute atomic E-state index is 12.7. The molecule has 0 spiro atoms. The van der Waals surface area contributed by atoms with Crippen molar-refractivity contribution in [1.29, 1.82) is 0 Å². The topological polar surface area (TPSA) is 37.3 Å². The Labute approximate surface area is 75.3 Å². The van der Waals surface area contributed by atoms with Crippen molar-refractivity contribution >= 4 is 11.5 Å². The Morgan fingerprint density at radius 1 is 1.54 bits per heavy atom. The molecule has 0 atom stereocenters. The van der Waals surface area contributed by atoms with E-state index in [1.807, 2.05) is 0 Å². The van der Waals surface area contributed by atoms with Crippen LogP contribution in [-0.2, 0) is 4.79 Å². The van der Waals surface area contributed by atoms with Crippen molar-refractivity contribution in [3.05, 3.63) is 41.7 Å². The maximum atomic E-state index is 12.7. The number of aliphatic carboxylic acids is 1. The number of carbonyl (C=O) groups is 1. The summed E-state index contributed by atoms with van der Waals surface area (Å²) in [7, 11) is 0. The van der Waals surface area contributed by atoms with Crippen LogP contribution in [0.5, 0.6) is 0 Å². The van der Waals surface area contributed by atoms with Crippen molar-refractivity contribution in [2.75, 3.05) is 0 Å². The molecular weight excluding hydrogens is 171 g/mol. The molecule has 1 aromatic rings. The molecule has 0 unspecified atom stereocenters. The molecular formula is C10H9FO2. The highest BCUT2D eigenvalue weighted by Gasteiger charge is 1.99. The Morgan fingerprint density at radius 3 is 2.77 bits per heavy atom. The first-order valence-electron chi connectivity index (χ1n) is 3.77. The number of halogens is 1. The molecule has 0 saturated carbocycles. The van der Waals surface area contributed by atoms with Gasteiger partial charge in [-0.05, 0) is 30.2 Å². The van der Waals surface area contributed by atoms with Crippen molar-refractivity contribution in [3.8, 4) is 0 Å². The number of rotatable bonds is 2. The maximum Gasteiger partial charge on any atom is 0.328 e. The highest BCUT2D eigenvalue weighted by Crippen LogP contribution is 2.14. The molecule has 0 saturated heterocycles. The van der Waals surface area contributed by atoms with Crippen LogP contribution in [0.1, 0.15) is 12.5 Å². The lowest BCUT2D eigenvalue weighted by molar-refractivity contribution is -0.131. The van der Waals surface area contributed by atoms with Gasteiger partial charge in [0, 0.05) is 6.08 Å². The van der Waals surface area contributed by atoms with Crippen molar-refractivity contribution in [2.24, 2.45) is 0 Å². The highest BCUT2D eigenvalue weighted by atomic mass is 19.1. The third-order valence-electron chi connectivity index (χ3n) is 1.62. The van der Waals surface area contributed by atoms with E-state index in [0.717, 1.165) is 6.08 Å². The number of hydrogen-bond acceptors (Lipinski definition) is 1. The van der Waals surface area contributed by atoms with E-state index in [1.165, 1.54) is 12.1 Å². The molecule has 0 aliphatic carbocycles. The third kappa shape index (κ3) is 2.71. The van der Waals surface area contributed by atoms with Gasteiger partial charge in [-0.15, -0.1) is 0 Å². The predicted octanol–water partition coefficient (Wildman–Crippen LogP) is 2.31. The molecule has 0 radical (unpaired) electrons. The number of benzene rings is 1. The molecule has 0 aliphatic heterocycles. The zero-order chi connectivity index (χ0) is 9.84. The van der Waals surface area contributed by atoms with Crippen LogP contribution in [0.15, 0.2) is 30.3 Å². The molecule has 0 aliphatic rings. The van der Waals surface area contributed by atoms with Gasteiger partial charge in [0.1, 0.15) is 5.82 Å². The Morgan fingerprint density at radius 2 is 2.23 bits per heavy atom. The summed E-state index contributed by atoms with van der Waals surface area (Å²) in [6.07, 6.45) is 1.05. The molecule has 1 rings (SSSR count). The molecule has 3 heteroatoms. The van der Waals surface area contributed by atoms with E-state index >= 15 is 0 Å². The second-order valence-electron chi connectivity index (χ2n) is 2.68. The second kappa shape index (κ2) is 3.85. The largest absolute Gasteiger partial charge is 0.478 e. The standard InChI is InChI=1S/C10H9FO2/c1-7(5-10(12)13)8-3-2-4-9(11)6-8/h2-6H,1H3,(H,12,13)/b7-5-. The molecule has 13 heavy (non-hydrogen) atoms. The molecule has 0 fully saturated rings. The first kappa shape index (κ1) is 9.45. The van der Waals surface area contributed by atoms with Crippen LogP contribution >= 0.6 is 0 Å². The summed E-state index contributed by atoms with van der Waals surface area (Å²) >= 11 is 0. The van der Waals surface area contributed by atoms with Crippen molar-refractivity contribution in [1.82, 2.24) is 0 Å². The van der Waals surface area contributed by atoms with Crippen LogP contribution in [0.25, 0.3) is 5.57 Å². The van der Waals surface area contributed by atoms with Gasteiger partial charge in [-0.1, -0.05) is 12.1 Å². The smallest absolute Gasteiger partial charge is 0.328 e. The lowest BCUT2D eigenvalue weighted by Gasteiger charge is -1.99. The van der Waals surface area contributed by atoms with E-state index in [0.29, 0.717) is 11.1 Å². The average Bonchev–Trinajstić information content (AvgIpc) is 2.03. The van der Waals surface area contributed by atoms with Crippen molar-refractivity contribution in [2.45, 2.75) is 6.92 Å². The van der Waals surface area contributed by atoms with Crippen molar-refractivity contribution in [3.63, 3.8) is 0 Å². The molecule has 2 nitrogen and oxygen atoms in total. The van der Waals surface area contributed by atoms with E-state index < -0.39 is 5.97 Å². The Kier molecular flexibility index (Phi) is 2.80. The minimum absolute atomic E-state index is 0.365. The van der Waals surface area contributed by atoms with Crippen molar-refractivity contribution < 1.29 is 14.3 Å². The van der Waals surface area contributed by atoms with Crippen LogP contribution in [0.2, 0.25) is 0 Å². The number of hydrogen-bond donors (Lipinski definition) is 1. The molecule has 0 aromatic heterocycles. The molecule has 68 valence electrons. The Balaban J connectivity index is 3.02. The SMILES string of the molecule is C/C(=C/C(=O)O)c1cccc(F)c1. The lowest BCUT2D eigenvalue weighted by Crippen LogP contribution is -1.90. The van der Waals surface area contributed by atoms with Crippen LogP contribution in [0.4, 0.5) is 4.39 Å². The minimum Gasteiger partial charge on any atom is -0.478 e. The fourth-order valence-corrected chi connectivity index (χ4v) is 1.00. The van der Waals surface area contributed by atoms with Gasteiger partial charge in [0.25, 0.3) is 0 Å². The molecule has 0 heterocycles. The number of allylic oxidation sites excluding steroid dienone is 1. The normalized spacial score (nSPS) is 11.4.